The van der Waals surface area contributed by atoms with E-state index in [0.29, 0.717) is 5.25 Å². The van der Waals surface area contributed by atoms with Crippen molar-refractivity contribution in [3.8, 4) is 0 Å². The first-order chi connectivity index (χ1) is 5.86. The van der Waals surface area contributed by atoms with Crippen molar-refractivity contribution < 1.29 is 4.74 Å². The maximum Gasteiger partial charge on any atom is 0.0611 e. The van der Waals surface area contributed by atoms with Crippen molar-refractivity contribution in [2.75, 3.05) is 18.9 Å². The normalized spacial score (nSPS) is 17.3. The predicted molar refractivity (Wildman–Crippen MR) is 49.1 cm³/mol. The van der Waals surface area contributed by atoms with E-state index in [1.807, 2.05) is 6.07 Å². The highest BCUT2D eigenvalue weighted by molar-refractivity contribution is 8.00. The van der Waals surface area contributed by atoms with Gasteiger partial charge < -0.3 is 10.5 Å². The van der Waals surface area contributed by atoms with Crippen molar-refractivity contribution in [2.45, 2.75) is 10.1 Å². The molecule has 0 bridgehead atoms. The molecule has 0 aliphatic carbocycles. The van der Waals surface area contributed by atoms with E-state index >= 15 is 0 Å². The quantitative estimate of drug-likeness (QED) is 0.745. The van der Waals surface area contributed by atoms with E-state index in [-0.39, 0.29) is 0 Å². The summed E-state index contributed by atoms with van der Waals surface area (Å²) < 4.78 is 5.06. The summed E-state index contributed by atoms with van der Waals surface area (Å²) in [5.41, 5.74) is 6.55. The monoisotopic (exact) mass is 182 g/mol. The number of nitrogen functional groups attached to an aromatic ring is 1. The molecule has 64 valence electrons. The number of nitrogens with two attached hydrogens (primary N) is 1. The van der Waals surface area contributed by atoms with E-state index in [9.17, 15) is 0 Å². The average Bonchev–Trinajstić information content (AvgIpc) is 2.00. The minimum absolute atomic E-state index is 0.566. The van der Waals surface area contributed by atoms with Crippen LogP contribution in [-0.4, -0.2) is 23.4 Å². The van der Waals surface area contributed by atoms with Crippen LogP contribution in [0.4, 0.5) is 5.69 Å². The van der Waals surface area contributed by atoms with Crippen LogP contribution in [0, 0.1) is 0 Å². The Hall–Kier alpha value is -0.740. The van der Waals surface area contributed by atoms with Crippen molar-refractivity contribution in [1.29, 1.82) is 0 Å². The molecule has 2 N–H and O–H groups in total. The fraction of sp³-hybridized carbons (Fsp3) is 0.375. The van der Waals surface area contributed by atoms with Gasteiger partial charge in [0.25, 0.3) is 0 Å². The lowest BCUT2D eigenvalue weighted by molar-refractivity contribution is 0.0455. The summed E-state index contributed by atoms with van der Waals surface area (Å²) in [6, 6.07) is 1.82. The molecule has 12 heavy (non-hydrogen) atoms. The Morgan fingerprint density at radius 2 is 2.42 bits per heavy atom. The van der Waals surface area contributed by atoms with E-state index in [1.54, 1.807) is 24.2 Å². The number of nitrogens with zero attached hydrogens (tertiary/aromatic N) is 1. The summed E-state index contributed by atoms with van der Waals surface area (Å²) in [6.07, 6.45) is 3.51. The Balaban J connectivity index is 2.06. The van der Waals surface area contributed by atoms with Gasteiger partial charge in [0.2, 0.25) is 0 Å². The molecule has 1 aliphatic rings. The molecule has 2 heterocycles. The standard InChI is InChI=1S/C8H10N2OS/c9-7-1-2-10-3-8(7)12-6-4-11-5-6/h1-3,6H,4-5H2,(H2,9,10). The molecule has 1 aromatic rings. The van der Waals surface area contributed by atoms with Gasteiger partial charge in [-0.15, -0.1) is 11.8 Å². The van der Waals surface area contributed by atoms with E-state index in [0.717, 1.165) is 23.8 Å². The number of hydrogen-bond acceptors (Lipinski definition) is 4. The zero-order chi connectivity index (χ0) is 8.39. The van der Waals surface area contributed by atoms with Crippen molar-refractivity contribution in [3.63, 3.8) is 0 Å². The SMILES string of the molecule is Nc1ccncc1SC1COC1. The van der Waals surface area contributed by atoms with Crippen LogP contribution in [0.25, 0.3) is 0 Å². The summed E-state index contributed by atoms with van der Waals surface area (Å²) in [5, 5.41) is 0.566. The van der Waals surface area contributed by atoms with Crippen LogP contribution < -0.4 is 5.73 Å². The minimum Gasteiger partial charge on any atom is -0.398 e. The number of ether oxygens (including phenoxy) is 1. The lowest BCUT2D eigenvalue weighted by Gasteiger charge is -2.25. The number of thioether (sulfide) groups is 1. The largest absolute Gasteiger partial charge is 0.398 e. The smallest absolute Gasteiger partial charge is 0.0611 e. The summed E-state index contributed by atoms with van der Waals surface area (Å²) in [7, 11) is 0. The van der Waals surface area contributed by atoms with Gasteiger partial charge in [-0.05, 0) is 6.07 Å². The Labute approximate surface area is 75.3 Å². The Morgan fingerprint density at radius 1 is 1.58 bits per heavy atom. The fourth-order valence-corrected chi connectivity index (χ4v) is 1.96. The number of pyridine rings is 1. The third-order valence-corrected chi connectivity index (χ3v) is 2.92. The molecule has 0 atom stereocenters. The average molecular weight is 182 g/mol. The summed E-state index contributed by atoms with van der Waals surface area (Å²) in [5.74, 6) is 0. The van der Waals surface area contributed by atoms with Gasteiger partial charge in [-0.2, -0.15) is 0 Å². The van der Waals surface area contributed by atoms with E-state index in [4.69, 9.17) is 10.5 Å². The molecule has 0 saturated carbocycles. The van der Waals surface area contributed by atoms with Gasteiger partial charge in [-0.3, -0.25) is 4.98 Å². The van der Waals surface area contributed by atoms with Gasteiger partial charge in [0, 0.05) is 23.0 Å². The molecule has 1 fully saturated rings. The zero-order valence-electron chi connectivity index (χ0n) is 6.56. The van der Waals surface area contributed by atoms with Gasteiger partial charge >= 0.3 is 0 Å². The van der Waals surface area contributed by atoms with Crippen molar-refractivity contribution in [2.24, 2.45) is 0 Å². The van der Waals surface area contributed by atoms with Crippen LogP contribution in [-0.2, 0) is 4.74 Å². The molecule has 3 nitrogen and oxygen atoms in total. The van der Waals surface area contributed by atoms with Gasteiger partial charge in [-0.1, -0.05) is 0 Å². The van der Waals surface area contributed by atoms with Crippen molar-refractivity contribution >= 4 is 17.4 Å². The maximum absolute atomic E-state index is 5.75. The summed E-state index contributed by atoms with van der Waals surface area (Å²) in [4.78, 5) is 5.08. The topological polar surface area (TPSA) is 48.1 Å². The first-order valence-corrected chi connectivity index (χ1v) is 4.68. The van der Waals surface area contributed by atoms with Crippen LogP contribution in [0.2, 0.25) is 0 Å². The molecular formula is C8H10N2OS. The molecule has 2 rings (SSSR count). The fourth-order valence-electron chi connectivity index (χ4n) is 0.951. The van der Waals surface area contributed by atoms with E-state index in [2.05, 4.69) is 4.98 Å². The second-order valence-electron chi connectivity index (χ2n) is 2.69. The van der Waals surface area contributed by atoms with Crippen molar-refractivity contribution in [3.05, 3.63) is 18.5 Å². The molecule has 0 spiro atoms. The molecular weight excluding hydrogens is 172 g/mol. The van der Waals surface area contributed by atoms with Crippen LogP contribution in [0.3, 0.4) is 0 Å². The summed E-state index contributed by atoms with van der Waals surface area (Å²) in [6.45, 7) is 1.66. The lowest BCUT2D eigenvalue weighted by Crippen LogP contribution is -2.30. The van der Waals surface area contributed by atoms with Gasteiger partial charge in [0.05, 0.1) is 18.5 Å². The molecule has 0 aromatic carbocycles. The minimum atomic E-state index is 0.566. The number of anilines is 1. The molecule has 4 heteroatoms. The molecule has 0 radical (unpaired) electrons. The number of aromatic nitrogens is 1. The maximum atomic E-state index is 5.75. The predicted octanol–water partition coefficient (Wildman–Crippen LogP) is 1.15. The van der Waals surface area contributed by atoms with Crippen LogP contribution in [0.1, 0.15) is 0 Å². The summed E-state index contributed by atoms with van der Waals surface area (Å²) >= 11 is 1.74. The second kappa shape index (κ2) is 3.33. The van der Waals surface area contributed by atoms with Crippen molar-refractivity contribution in [1.82, 2.24) is 4.98 Å². The lowest BCUT2D eigenvalue weighted by atomic mass is 10.4. The van der Waals surface area contributed by atoms with Crippen LogP contribution in [0.15, 0.2) is 23.4 Å². The van der Waals surface area contributed by atoms with Gasteiger partial charge in [0.15, 0.2) is 0 Å². The highest BCUT2D eigenvalue weighted by Crippen LogP contribution is 2.30. The van der Waals surface area contributed by atoms with E-state index in [1.165, 1.54) is 0 Å². The van der Waals surface area contributed by atoms with Gasteiger partial charge in [0.1, 0.15) is 0 Å². The van der Waals surface area contributed by atoms with Crippen LogP contribution in [0.5, 0.6) is 0 Å². The Bertz CT molecular complexity index is 276. The second-order valence-corrected chi connectivity index (χ2v) is 4.03. The zero-order valence-corrected chi connectivity index (χ0v) is 7.38. The number of hydrogen-bond donors (Lipinski definition) is 1. The van der Waals surface area contributed by atoms with E-state index < -0.39 is 0 Å². The Kier molecular flexibility index (Phi) is 2.19. The highest BCUT2D eigenvalue weighted by atomic mass is 32.2. The Morgan fingerprint density at radius 3 is 3.00 bits per heavy atom. The molecule has 1 aliphatic heterocycles. The first-order valence-electron chi connectivity index (χ1n) is 3.80. The molecule has 0 unspecified atom stereocenters. The molecule has 1 aromatic heterocycles. The highest BCUT2D eigenvalue weighted by Gasteiger charge is 2.20. The number of rotatable bonds is 2. The van der Waals surface area contributed by atoms with Crippen LogP contribution >= 0.6 is 11.8 Å². The third-order valence-electron chi connectivity index (χ3n) is 1.72. The molecule has 0 amide bonds. The third kappa shape index (κ3) is 1.54. The van der Waals surface area contributed by atoms with Gasteiger partial charge in [-0.25, -0.2) is 0 Å². The molecule has 1 saturated heterocycles. The first kappa shape index (κ1) is 7.89.